The lowest BCUT2D eigenvalue weighted by Gasteiger charge is -2.10. The van der Waals surface area contributed by atoms with Crippen molar-refractivity contribution in [2.45, 2.75) is 12.3 Å². The maximum absolute atomic E-state index is 9.12. The lowest BCUT2D eigenvalue weighted by molar-refractivity contribution is 0.282. The fraction of sp³-hybridized carbons (Fsp3) is 0.231. The fourth-order valence-electron chi connectivity index (χ4n) is 2.45. The third-order valence-electron chi connectivity index (χ3n) is 3.11. The van der Waals surface area contributed by atoms with Gasteiger partial charge in [0.2, 0.25) is 0 Å². The van der Waals surface area contributed by atoms with Crippen LogP contribution in [0.15, 0.2) is 35.0 Å². The van der Waals surface area contributed by atoms with Gasteiger partial charge in [0.25, 0.3) is 0 Å². The van der Waals surface area contributed by atoms with E-state index < -0.39 is 0 Å². The van der Waals surface area contributed by atoms with Gasteiger partial charge in [-0.1, -0.05) is 24.3 Å². The predicted octanol–water partition coefficient (Wildman–Crippen LogP) is 3.24. The standard InChI is InChI=1S/C13H12OS/c14-6-5-11-9-3-1-2-4-10(9)12-7-15-8-13(11)12/h1-4,7-8,11,14H,5-6H2. The fourth-order valence-corrected chi connectivity index (χ4v) is 3.35. The lowest BCUT2D eigenvalue weighted by Crippen LogP contribution is -1.98. The number of benzene rings is 1. The first-order valence-electron chi connectivity index (χ1n) is 5.18. The van der Waals surface area contributed by atoms with E-state index in [9.17, 15) is 0 Å². The summed E-state index contributed by atoms with van der Waals surface area (Å²) in [4.78, 5) is 0. The molecule has 76 valence electrons. The van der Waals surface area contributed by atoms with Crippen molar-refractivity contribution in [3.05, 3.63) is 46.2 Å². The van der Waals surface area contributed by atoms with Crippen molar-refractivity contribution < 1.29 is 5.11 Å². The second kappa shape index (κ2) is 3.47. The second-order valence-corrected chi connectivity index (χ2v) is 4.64. The molecule has 0 fully saturated rings. The Morgan fingerprint density at radius 2 is 1.93 bits per heavy atom. The molecule has 3 rings (SSSR count). The molecule has 0 bridgehead atoms. The van der Waals surface area contributed by atoms with Crippen LogP contribution in [0.5, 0.6) is 0 Å². The van der Waals surface area contributed by atoms with Crippen LogP contribution in [0, 0.1) is 0 Å². The monoisotopic (exact) mass is 216 g/mol. The molecule has 0 saturated carbocycles. The Hall–Kier alpha value is -1.12. The molecule has 0 aliphatic heterocycles. The van der Waals surface area contributed by atoms with Crippen molar-refractivity contribution in [2.75, 3.05) is 6.61 Å². The highest BCUT2D eigenvalue weighted by Gasteiger charge is 2.28. The van der Waals surface area contributed by atoms with E-state index in [1.165, 1.54) is 22.3 Å². The molecule has 1 heterocycles. The topological polar surface area (TPSA) is 20.2 Å². The van der Waals surface area contributed by atoms with Crippen LogP contribution < -0.4 is 0 Å². The Kier molecular flexibility index (Phi) is 2.11. The van der Waals surface area contributed by atoms with Crippen LogP contribution in [0.25, 0.3) is 11.1 Å². The molecule has 0 spiro atoms. The van der Waals surface area contributed by atoms with Crippen molar-refractivity contribution in [3.63, 3.8) is 0 Å². The molecule has 15 heavy (non-hydrogen) atoms. The van der Waals surface area contributed by atoms with Gasteiger partial charge < -0.3 is 5.11 Å². The minimum absolute atomic E-state index is 0.258. The van der Waals surface area contributed by atoms with Crippen molar-refractivity contribution in [1.82, 2.24) is 0 Å². The molecule has 1 aliphatic carbocycles. The van der Waals surface area contributed by atoms with Crippen LogP contribution in [0.3, 0.4) is 0 Å². The molecule has 1 N–H and O–H groups in total. The Morgan fingerprint density at radius 1 is 1.07 bits per heavy atom. The van der Waals surface area contributed by atoms with E-state index in [0.717, 1.165) is 6.42 Å². The van der Waals surface area contributed by atoms with Crippen molar-refractivity contribution in [1.29, 1.82) is 0 Å². The summed E-state index contributed by atoms with van der Waals surface area (Å²) in [5.41, 5.74) is 5.50. The molecule has 0 radical (unpaired) electrons. The summed E-state index contributed by atoms with van der Waals surface area (Å²) in [6.07, 6.45) is 0.834. The molecule has 1 nitrogen and oxygen atoms in total. The number of rotatable bonds is 2. The van der Waals surface area contributed by atoms with E-state index >= 15 is 0 Å². The molecule has 1 aliphatic rings. The van der Waals surface area contributed by atoms with Gasteiger partial charge in [-0.05, 0) is 39.4 Å². The Labute approximate surface area is 93.0 Å². The second-order valence-electron chi connectivity index (χ2n) is 3.89. The maximum Gasteiger partial charge on any atom is 0.0440 e. The van der Waals surface area contributed by atoms with E-state index in [1.807, 2.05) is 0 Å². The number of hydrogen-bond donors (Lipinski definition) is 1. The van der Waals surface area contributed by atoms with E-state index in [4.69, 9.17) is 5.11 Å². The molecule has 0 saturated heterocycles. The summed E-state index contributed by atoms with van der Waals surface area (Å²) in [6, 6.07) is 8.53. The van der Waals surface area contributed by atoms with Crippen LogP contribution in [-0.2, 0) is 0 Å². The van der Waals surface area contributed by atoms with Crippen LogP contribution in [0.4, 0.5) is 0 Å². The first-order valence-corrected chi connectivity index (χ1v) is 6.12. The number of hydrogen-bond acceptors (Lipinski definition) is 2. The molecule has 1 aromatic heterocycles. The SMILES string of the molecule is OCCC1c2ccccc2-c2cscc21. The average Bonchev–Trinajstić information content (AvgIpc) is 2.82. The molecule has 1 atom stereocenters. The van der Waals surface area contributed by atoms with Crippen LogP contribution >= 0.6 is 11.3 Å². The zero-order valence-corrected chi connectivity index (χ0v) is 9.13. The van der Waals surface area contributed by atoms with Gasteiger partial charge >= 0.3 is 0 Å². The van der Waals surface area contributed by atoms with Gasteiger partial charge in [-0.15, -0.1) is 0 Å². The smallest absolute Gasteiger partial charge is 0.0440 e. The molecular weight excluding hydrogens is 204 g/mol. The number of fused-ring (bicyclic) bond motifs is 3. The minimum atomic E-state index is 0.258. The van der Waals surface area contributed by atoms with Crippen molar-refractivity contribution in [2.24, 2.45) is 0 Å². The summed E-state index contributed by atoms with van der Waals surface area (Å²) in [5, 5.41) is 13.6. The van der Waals surface area contributed by atoms with Crippen LogP contribution in [0.2, 0.25) is 0 Å². The summed E-state index contributed by atoms with van der Waals surface area (Å²) in [6.45, 7) is 0.258. The normalized spacial score (nSPS) is 17.5. The molecule has 1 aromatic carbocycles. The van der Waals surface area contributed by atoms with Crippen LogP contribution in [-0.4, -0.2) is 11.7 Å². The Bertz CT molecular complexity index is 487. The van der Waals surface area contributed by atoms with Crippen molar-refractivity contribution in [3.8, 4) is 11.1 Å². The average molecular weight is 216 g/mol. The van der Waals surface area contributed by atoms with Gasteiger partial charge in [-0.3, -0.25) is 0 Å². The number of aliphatic hydroxyl groups excluding tert-OH is 1. The zero-order valence-electron chi connectivity index (χ0n) is 8.31. The number of thiophene rings is 1. The van der Waals surface area contributed by atoms with E-state index in [-0.39, 0.29) is 6.61 Å². The first kappa shape index (κ1) is 9.13. The molecule has 2 aromatic rings. The van der Waals surface area contributed by atoms with Gasteiger partial charge in [0.05, 0.1) is 0 Å². The highest BCUT2D eigenvalue weighted by atomic mass is 32.1. The third-order valence-corrected chi connectivity index (χ3v) is 3.87. The summed E-state index contributed by atoms with van der Waals surface area (Å²) in [5.74, 6) is 0.410. The summed E-state index contributed by atoms with van der Waals surface area (Å²) < 4.78 is 0. The van der Waals surface area contributed by atoms with E-state index in [2.05, 4.69) is 35.0 Å². The largest absolute Gasteiger partial charge is 0.396 e. The van der Waals surface area contributed by atoms with E-state index in [1.54, 1.807) is 11.3 Å². The van der Waals surface area contributed by atoms with Crippen LogP contribution in [0.1, 0.15) is 23.5 Å². The molecule has 1 unspecified atom stereocenters. The maximum atomic E-state index is 9.12. The highest BCUT2D eigenvalue weighted by Crippen LogP contribution is 2.47. The molecule has 0 amide bonds. The van der Waals surface area contributed by atoms with E-state index in [0.29, 0.717) is 5.92 Å². The van der Waals surface area contributed by atoms with Gasteiger partial charge in [0, 0.05) is 12.5 Å². The summed E-state index contributed by atoms with van der Waals surface area (Å²) in [7, 11) is 0. The van der Waals surface area contributed by atoms with Gasteiger partial charge in [-0.25, -0.2) is 0 Å². The first-order chi connectivity index (χ1) is 7.42. The van der Waals surface area contributed by atoms with Gasteiger partial charge in [0.1, 0.15) is 0 Å². The predicted molar refractivity (Wildman–Crippen MR) is 63.3 cm³/mol. The molecular formula is C13H12OS. The number of aliphatic hydroxyl groups is 1. The van der Waals surface area contributed by atoms with Gasteiger partial charge in [-0.2, -0.15) is 11.3 Å². The lowest BCUT2D eigenvalue weighted by atomic mass is 9.95. The Morgan fingerprint density at radius 3 is 2.80 bits per heavy atom. The highest BCUT2D eigenvalue weighted by molar-refractivity contribution is 7.08. The zero-order chi connectivity index (χ0) is 10.3. The van der Waals surface area contributed by atoms with Crippen molar-refractivity contribution >= 4 is 11.3 Å². The Balaban J connectivity index is 2.19. The quantitative estimate of drug-likeness (QED) is 0.817. The summed E-state index contributed by atoms with van der Waals surface area (Å²) >= 11 is 1.75. The van der Waals surface area contributed by atoms with Gasteiger partial charge in [0.15, 0.2) is 0 Å². The third kappa shape index (κ3) is 1.25. The minimum Gasteiger partial charge on any atom is -0.396 e. The molecule has 2 heteroatoms.